The summed E-state index contributed by atoms with van der Waals surface area (Å²) in [5.74, 6) is 0.967. The first-order chi connectivity index (χ1) is 6.81. The second-order valence-electron chi connectivity index (χ2n) is 4.40. The molecule has 0 rings (SSSR count). The lowest BCUT2D eigenvalue weighted by atomic mass is 10.00. The Hall–Kier alpha value is 0.860. The first-order valence-electron chi connectivity index (χ1n) is 6.24. The molecular weight excluding hydrogens is 206 g/mol. The Bertz CT molecular complexity index is 104. The number of rotatable bonds is 10. The summed E-state index contributed by atoms with van der Waals surface area (Å²) < 4.78 is 0. The van der Waals surface area contributed by atoms with Crippen LogP contribution in [0, 0.1) is 5.92 Å². The molecule has 0 aromatic carbocycles. The smallest absolute Gasteiger partial charge is 0.0317 e. The second kappa shape index (κ2) is 11.9. The molecule has 0 heterocycles. The zero-order valence-corrected chi connectivity index (χ0v) is 12.2. The van der Waals surface area contributed by atoms with Gasteiger partial charge in [-0.25, -0.2) is 0 Å². The molecule has 0 radical (unpaired) electrons. The van der Waals surface area contributed by atoms with E-state index < -0.39 is 0 Å². The van der Waals surface area contributed by atoms with E-state index in [0.29, 0.717) is 0 Å². The van der Waals surface area contributed by atoms with Crippen molar-refractivity contribution in [1.82, 2.24) is 0 Å². The maximum atomic E-state index is 2.85. The predicted molar refractivity (Wildman–Crippen MR) is 74.7 cm³/mol. The lowest BCUT2D eigenvalue weighted by Gasteiger charge is -2.09. The van der Waals surface area contributed by atoms with Crippen LogP contribution in [0.3, 0.4) is 0 Å². The highest BCUT2D eigenvalue weighted by Crippen LogP contribution is 2.24. The highest BCUT2D eigenvalue weighted by atomic mass is 32.0. The zero-order valence-electron chi connectivity index (χ0n) is 10.0. The molecule has 0 saturated heterocycles. The molecule has 0 aromatic heterocycles. The van der Waals surface area contributed by atoms with E-state index in [1.165, 1.54) is 57.5 Å². The highest BCUT2D eigenvalue weighted by Gasteiger charge is 2.00. The van der Waals surface area contributed by atoms with Crippen molar-refractivity contribution in [2.45, 2.75) is 65.2 Å². The summed E-state index contributed by atoms with van der Waals surface area (Å²) >= 11 is 0. The summed E-state index contributed by atoms with van der Waals surface area (Å²) in [6.45, 7) is 4.70. The summed E-state index contributed by atoms with van der Waals surface area (Å²) in [7, 11) is 3.92. The van der Waals surface area contributed by atoms with E-state index >= 15 is 0 Å². The molecule has 0 saturated carbocycles. The van der Waals surface area contributed by atoms with E-state index in [9.17, 15) is 0 Å². The molecule has 14 heavy (non-hydrogen) atoms. The summed E-state index contributed by atoms with van der Waals surface area (Å²) in [6.07, 6.45) is 13.0. The van der Waals surface area contributed by atoms with Crippen molar-refractivity contribution in [3.63, 3.8) is 0 Å². The standard InChI is InChI=1S/C12H28P2/c1-3-4-5-6-7-8-9-12(2)10-11-14-13/h12,14H,3-11,13H2,1-2H3. The molecule has 0 amide bonds. The van der Waals surface area contributed by atoms with Crippen molar-refractivity contribution >= 4 is 17.2 Å². The van der Waals surface area contributed by atoms with Crippen LogP contribution in [0.25, 0.3) is 0 Å². The van der Waals surface area contributed by atoms with Crippen molar-refractivity contribution in [3.05, 3.63) is 0 Å². The number of hydrogen-bond donors (Lipinski definition) is 0. The SMILES string of the molecule is CCCCCCCCC(C)CCPP. The highest BCUT2D eigenvalue weighted by molar-refractivity contribution is 8.02. The van der Waals surface area contributed by atoms with Gasteiger partial charge in [0.25, 0.3) is 0 Å². The molecule has 0 fully saturated rings. The molecule has 3 unspecified atom stereocenters. The molecule has 3 atom stereocenters. The molecule has 0 N–H and O–H groups in total. The molecule has 2 heteroatoms. The fraction of sp³-hybridized carbons (Fsp3) is 1.00. The lowest BCUT2D eigenvalue weighted by molar-refractivity contribution is 0.474. The van der Waals surface area contributed by atoms with Crippen molar-refractivity contribution in [1.29, 1.82) is 0 Å². The average molecular weight is 234 g/mol. The summed E-state index contributed by atoms with van der Waals surface area (Å²) in [5.41, 5.74) is 0. The normalized spacial score (nSPS) is 13.9. The van der Waals surface area contributed by atoms with Crippen molar-refractivity contribution in [2.75, 3.05) is 6.16 Å². The van der Waals surface area contributed by atoms with Crippen LogP contribution in [0.2, 0.25) is 0 Å². The van der Waals surface area contributed by atoms with E-state index in [4.69, 9.17) is 0 Å². The van der Waals surface area contributed by atoms with Crippen LogP contribution in [-0.2, 0) is 0 Å². The topological polar surface area (TPSA) is 0 Å². The average Bonchev–Trinajstić information content (AvgIpc) is 2.20. The lowest BCUT2D eigenvalue weighted by Crippen LogP contribution is -1.95. The van der Waals surface area contributed by atoms with E-state index in [1.807, 2.05) is 0 Å². The molecule has 0 aliphatic carbocycles. The second-order valence-corrected chi connectivity index (χ2v) is 6.54. The van der Waals surface area contributed by atoms with Gasteiger partial charge in [0.1, 0.15) is 0 Å². The van der Waals surface area contributed by atoms with Gasteiger partial charge in [-0.05, 0) is 18.5 Å². The van der Waals surface area contributed by atoms with Crippen LogP contribution in [0.4, 0.5) is 0 Å². The van der Waals surface area contributed by atoms with Crippen LogP contribution >= 0.6 is 17.2 Å². The molecule has 0 aliphatic heterocycles. The van der Waals surface area contributed by atoms with E-state index in [-0.39, 0.29) is 0 Å². The minimum atomic E-state index is 0.967. The third-order valence-electron chi connectivity index (χ3n) is 2.83. The number of hydrogen-bond acceptors (Lipinski definition) is 0. The Kier molecular flexibility index (Phi) is 12.7. The zero-order chi connectivity index (χ0) is 10.6. The quantitative estimate of drug-likeness (QED) is 0.358. The van der Waals surface area contributed by atoms with Gasteiger partial charge in [0.05, 0.1) is 0 Å². The predicted octanol–water partition coefficient (Wildman–Crippen LogP) is 5.23. The monoisotopic (exact) mass is 234 g/mol. The van der Waals surface area contributed by atoms with E-state index in [0.717, 1.165) is 14.2 Å². The minimum absolute atomic E-state index is 0.967. The Labute approximate surface area is 94.9 Å². The third kappa shape index (κ3) is 10.9. The Morgan fingerprint density at radius 2 is 1.64 bits per heavy atom. The van der Waals surface area contributed by atoms with Gasteiger partial charge in [-0.15, -0.1) is 17.2 Å². The van der Waals surface area contributed by atoms with Gasteiger partial charge in [-0.3, -0.25) is 0 Å². The largest absolute Gasteiger partial charge is 0.114 e. The van der Waals surface area contributed by atoms with Crippen molar-refractivity contribution in [2.24, 2.45) is 5.92 Å². The van der Waals surface area contributed by atoms with Crippen LogP contribution in [0.5, 0.6) is 0 Å². The van der Waals surface area contributed by atoms with Crippen molar-refractivity contribution < 1.29 is 0 Å². The molecule has 0 bridgehead atoms. The molecule has 0 spiro atoms. The van der Waals surface area contributed by atoms with Crippen LogP contribution in [0.15, 0.2) is 0 Å². The Morgan fingerprint density at radius 1 is 1.00 bits per heavy atom. The Balaban J connectivity index is 3.02. The fourth-order valence-corrected chi connectivity index (χ4v) is 2.91. The van der Waals surface area contributed by atoms with Gasteiger partial charge in [-0.2, -0.15) is 0 Å². The summed E-state index contributed by atoms with van der Waals surface area (Å²) in [5, 5.41) is 0. The Morgan fingerprint density at radius 3 is 2.29 bits per heavy atom. The van der Waals surface area contributed by atoms with Crippen LogP contribution in [-0.4, -0.2) is 6.16 Å². The fourth-order valence-electron chi connectivity index (χ4n) is 1.75. The van der Waals surface area contributed by atoms with Crippen LogP contribution in [0.1, 0.15) is 65.2 Å². The maximum absolute atomic E-state index is 2.85. The first kappa shape index (κ1) is 14.9. The summed E-state index contributed by atoms with van der Waals surface area (Å²) in [6, 6.07) is 0. The van der Waals surface area contributed by atoms with Gasteiger partial charge >= 0.3 is 0 Å². The van der Waals surface area contributed by atoms with Gasteiger partial charge in [0.2, 0.25) is 0 Å². The van der Waals surface area contributed by atoms with Crippen LogP contribution < -0.4 is 0 Å². The molecule has 0 aromatic rings. The van der Waals surface area contributed by atoms with Gasteiger partial charge in [0.15, 0.2) is 0 Å². The van der Waals surface area contributed by atoms with Crippen molar-refractivity contribution in [3.8, 4) is 0 Å². The maximum Gasteiger partial charge on any atom is -0.0317 e. The molecule has 86 valence electrons. The van der Waals surface area contributed by atoms with E-state index in [1.54, 1.807) is 0 Å². The van der Waals surface area contributed by atoms with Gasteiger partial charge in [-0.1, -0.05) is 58.8 Å². The first-order valence-corrected chi connectivity index (χ1v) is 9.26. The van der Waals surface area contributed by atoms with Gasteiger partial charge < -0.3 is 0 Å². The third-order valence-corrected chi connectivity index (χ3v) is 4.28. The van der Waals surface area contributed by atoms with Gasteiger partial charge in [0, 0.05) is 0 Å². The summed E-state index contributed by atoms with van der Waals surface area (Å²) in [4.78, 5) is 0. The minimum Gasteiger partial charge on any atom is -0.114 e. The van der Waals surface area contributed by atoms with E-state index in [2.05, 4.69) is 22.8 Å². The number of unbranched alkanes of at least 4 members (excludes halogenated alkanes) is 5. The molecular formula is C12H28P2. The molecule has 0 nitrogen and oxygen atoms in total. The molecule has 0 aliphatic rings.